The van der Waals surface area contributed by atoms with Gasteiger partial charge in [-0.05, 0) is 50.5 Å². The topological polar surface area (TPSA) is 76.6 Å². The molecule has 1 unspecified atom stereocenters. The number of rotatable bonds is 4. The summed E-state index contributed by atoms with van der Waals surface area (Å²) in [4.78, 5) is 31.6. The van der Waals surface area contributed by atoms with Crippen LogP contribution in [0, 0.1) is 13.8 Å². The summed E-state index contributed by atoms with van der Waals surface area (Å²) in [6.45, 7) is 5.00. The van der Waals surface area contributed by atoms with Crippen LogP contribution in [0.1, 0.15) is 35.4 Å². The van der Waals surface area contributed by atoms with E-state index in [-0.39, 0.29) is 5.91 Å². The highest BCUT2D eigenvalue weighted by atomic mass is 16.4. The fraction of sp³-hybridized carbons (Fsp3) is 0.333. The minimum absolute atomic E-state index is 0.0844. The number of H-pyrrole nitrogens is 1. The maximum atomic E-state index is 13.2. The summed E-state index contributed by atoms with van der Waals surface area (Å²) >= 11 is 0. The molecule has 6 nitrogen and oxygen atoms in total. The molecule has 1 aromatic heterocycles. The SMILES string of the molecule is Cc1cc(C)c(C=C2C(=O)N(CN3CCCC3C(=O)O)c3ccccc32)[nH]1. The lowest BCUT2D eigenvalue weighted by Crippen LogP contribution is -2.44. The van der Waals surface area contributed by atoms with E-state index in [1.807, 2.05) is 49.1 Å². The number of amides is 1. The number of aromatic amines is 1. The van der Waals surface area contributed by atoms with Gasteiger partial charge in [0.05, 0.1) is 17.9 Å². The molecule has 0 bridgehead atoms. The molecule has 2 aromatic rings. The number of carbonyl (C=O) groups excluding carboxylic acids is 1. The van der Waals surface area contributed by atoms with Gasteiger partial charge in [0.25, 0.3) is 5.91 Å². The molecule has 1 atom stereocenters. The molecule has 2 aliphatic heterocycles. The standard InChI is InChI=1S/C21H23N3O3/c1-13-10-14(2)22-17(13)11-16-15-6-3-4-7-18(15)24(20(16)25)12-23-9-5-8-19(23)21(26)27/h3-4,6-7,10-11,19,22H,5,8-9,12H2,1-2H3,(H,26,27). The van der Waals surface area contributed by atoms with Crippen molar-refractivity contribution < 1.29 is 14.7 Å². The lowest BCUT2D eigenvalue weighted by atomic mass is 10.1. The van der Waals surface area contributed by atoms with E-state index >= 15 is 0 Å². The molecule has 0 radical (unpaired) electrons. The van der Waals surface area contributed by atoms with Crippen molar-refractivity contribution in [2.45, 2.75) is 32.7 Å². The summed E-state index contributed by atoms with van der Waals surface area (Å²) < 4.78 is 0. The minimum Gasteiger partial charge on any atom is -0.480 e. The highest BCUT2D eigenvalue weighted by Gasteiger charge is 2.37. The first kappa shape index (κ1) is 17.5. The van der Waals surface area contributed by atoms with Crippen LogP contribution in [0.3, 0.4) is 0 Å². The van der Waals surface area contributed by atoms with Crippen LogP contribution in [-0.2, 0) is 9.59 Å². The number of carboxylic acids is 1. The predicted molar refractivity (Wildman–Crippen MR) is 104 cm³/mol. The first-order valence-electron chi connectivity index (χ1n) is 9.21. The van der Waals surface area contributed by atoms with Gasteiger partial charge in [-0.25, -0.2) is 0 Å². The first-order chi connectivity index (χ1) is 13.0. The predicted octanol–water partition coefficient (Wildman–Crippen LogP) is 3.03. The molecule has 0 saturated carbocycles. The number of hydrogen-bond donors (Lipinski definition) is 2. The Bertz CT molecular complexity index is 944. The van der Waals surface area contributed by atoms with Gasteiger partial charge in [-0.2, -0.15) is 0 Å². The molecule has 6 heteroatoms. The third-order valence-electron chi connectivity index (χ3n) is 5.41. The summed E-state index contributed by atoms with van der Waals surface area (Å²) in [6, 6.07) is 9.23. The highest BCUT2D eigenvalue weighted by molar-refractivity contribution is 6.35. The molecule has 27 heavy (non-hydrogen) atoms. The van der Waals surface area contributed by atoms with Gasteiger partial charge < -0.3 is 10.1 Å². The Morgan fingerprint density at radius 3 is 2.81 bits per heavy atom. The number of aliphatic carboxylic acids is 1. The van der Waals surface area contributed by atoms with E-state index in [9.17, 15) is 14.7 Å². The second-order valence-electron chi connectivity index (χ2n) is 7.31. The Labute approximate surface area is 158 Å². The zero-order chi connectivity index (χ0) is 19.1. The van der Waals surface area contributed by atoms with Gasteiger partial charge in [0, 0.05) is 23.5 Å². The van der Waals surface area contributed by atoms with Crippen molar-refractivity contribution in [2.75, 3.05) is 18.1 Å². The van der Waals surface area contributed by atoms with E-state index < -0.39 is 12.0 Å². The van der Waals surface area contributed by atoms with Gasteiger partial charge in [0.2, 0.25) is 0 Å². The lowest BCUT2D eigenvalue weighted by molar-refractivity contribution is -0.142. The molecule has 2 N–H and O–H groups in total. The number of benzene rings is 1. The van der Waals surface area contributed by atoms with Gasteiger partial charge in [0.15, 0.2) is 0 Å². The van der Waals surface area contributed by atoms with Crippen molar-refractivity contribution in [1.29, 1.82) is 0 Å². The Morgan fingerprint density at radius 2 is 2.11 bits per heavy atom. The largest absolute Gasteiger partial charge is 0.480 e. The molecular formula is C21H23N3O3. The normalized spacial score (nSPS) is 21.3. The number of nitrogens with zero attached hydrogens (tertiary/aromatic N) is 2. The van der Waals surface area contributed by atoms with E-state index in [0.717, 1.165) is 34.6 Å². The smallest absolute Gasteiger partial charge is 0.320 e. The second kappa shape index (κ2) is 6.70. The van der Waals surface area contributed by atoms with Crippen LogP contribution in [0.25, 0.3) is 11.6 Å². The maximum absolute atomic E-state index is 13.2. The molecule has 1 saturated heterocycles. The Balaban J connectivity index is 1.70. The monoisotopic (exact) mass is 365 g/mol. The van der Waals surface area contributed by atoms with E-state index in [1.54, 1.807) is 4.90 Å². The summed E-state index contributed by atoms with van der Waals surface area (Å²) in [5.41, 5.74) is 5.44. The number of aryl methyl sites for hydroxylation is 2. The van der Waals surface area contributed by atoms with Crippen molar-refractivity contribution in [3.8, 4) is 0 Å². The van der Waals surface area contributed by atoms with Gasteiger partial charge in [-0.15, -0.1) is 0 Å². The fourth-order valence-electron chi connectivity index (χ4n) is 4.09. The van der Waals surface area contributed by atoms with E-state index in [1.165, 1.54) is 0 Å². The molecule has 0 aliphatic carbocycles. The van der Waals surface area contributed by atoms with Crippen LogP contribution in [-0.4, -0.2) is 46.1 Å². The average Bonchev–Trinajstić information content (AvgIpc) is 3.29. The number of fused-ring (bicyclic) bond motifs is 1. The maximum Gasteiger partial charge on any atom is 0.320 e. The van der Waals surface area contributed by atoms with Crippen molar-refractivity contribution in [2.24, 2.45) is 0 Å². The second-order valence-corrected chi connectivity index (χ2v) is 7.31. The average molecular weight is 365 g/mol. The zero-order valence-corrected chi connectivity index (χ0v) is 15.5. The van der Waals surface area contributed by atoms with Gasteiger partial charge >= 0.3 is 5.97 Å². The molecule has 4 rings (SSSR count). The van der Waals surface area contributed by atoms with Crippen LogP contribution in [0.2, 0.25) is 0 Å². The van der Waals surface area contributed by atoms with Crippen LogP contribution < -0.4 is 4.90 Å². The van der Waals surface area contributed by atoms with Crippen molar-refractivity contribution in [3.63, 3.8) is 0 Å². The number of carbonyl (C=O) groups is 2. The van der Waals surface area contributed by atoms with Gasteiger partial charge in [0.1, 0.15) is 6.04 Å². The van der Waals surface area contributed by atoms with E-state index in [4.69, 9.17) is 0 Å². The van der Waals surface area contributed by atoms with E-state index in [2.05, 4.69) is 11.1 Å². The summed E-state index contributed by atoms with van der Waals surface area (Å²) in [7, 11) is 0. The van der Waals surface area contributed by atoms with Crippen LogP contribution in [0.15, 0.2) is 30.3 Å². The Kier molecular flexibility index (Phi) is 4.36. The van der Waals surface area contributed by atoms with Crippen molar-refractivity contribution in [1.82, 2.24) is 9.88 Å². The molecule has 1 aromatic carbocycles. The third-order valence-corrected chi connectivity index (χ3v) is 5.41. The van der Waals surface area contributed by atoms with Crippen LogP contribution in [0.5, 0.6) is 0 Å². The molecular weight excluding hydrogens is 342 g/mol. The summed E-state index contributed by atoms with van der Waals surface area (Å²) in [5.74, 6) is -0.903. The number of anilines is 1. The zero-order valence-electron chi connectivity index (χ0n) is 15.5. The van der Waals surface area contributed by atoms with Crippen molar-refractivity contribution >= 4 is 29.2 Å². The lowest BCUT2D eigenvalue weighted by Gasteiger charge is -2.27. The number of para-hydroxylation sites is 1. The molecule has 3 heterocycles. The first-order valence-corrected chi connectivity index (χ1v) is 9.21. The number of hydrogen-bond acceptors (Lipinski definition) is 3. The van der Waals surface area contributed by atoms with Gasteiger partial charge in [-0.3, -0.25) is 19.4 Å². The highest BCUT2D eigenvalue weighted by Crippen LogP contribution is 2.38. The van der Waals surface area contributed by atoms with E-state index in [0.29, 0.717) is 25.2 Å². The molecule has 1 fully saturated rings. The van der Waals surface area contributed by atoms with Crippen LogP contribution in [0.4, 0.5) is 5.69 Å². The van der Waals surface area contributed by atoms with Crippen LogP contribution >= 0.6 is 0 Å². The number of aromatic nitrogens is 1. The fourth-order valence-corrected chi connectivity index (χ4v) is 4.09. The summed E-state index contributed by atoms with van der Waals surface area (Å²) in [5, 5.41) is 9.44. The molecule has 0 spiro atoms. The number of carboxylic acid groups (broad SMARTS) is 1. The third kappa shape index (κ3) is 3.06. The molecule has 140 valence electrons. The number of nitrogens with one attached hydrogen (secondary N) is 1. The Morgan fingerprint density at radius 1 is 1.33 bits per heavy atom. The quantitative estimate of drug-likeness (QED) is 0.817. The minimum atomic E-state index is -0.819. The van der Waals surface area contributed by atoms with Gasteiger partial charge in [-0.1, -0.05) is 18.2 Å². The Hall–Kier alpha value is -2.86. The van der Waals surface area contributed by atoms with Crippen molar-refractivity contribution in [3.05, 3.63) is 52.8 Å². The molecule has 1 amide bonds. The number of likely N-dealkylation sites (tertiary alicyclic amines) is 1. The summed E-state index contributed by atoms with van der Waals surface area (Å²) in [6.07, 6.45) is 3.37. The molecule has 2 aliphatic rings.